The second kappa shape index (κ2) is 7.42. The molecule has 0 saturated heterocycles. The smallest absolute Gasteiger partial charge is 0.238 e. The van der Waals surface area contributed by atoms with Crippen molar-refractivity contribution in [3.63, 3.8) is 0 Å². The van der Waals surface area contributed by atoms with Crippen molar-refractivity contribution < 1.29 is 4.79 Å². The molecule has 2 rings (SSSR count). The zero-order valence-electron chi connectivity index (χ0n) is 14.7. The molecule has 2 aromatic rings. The molecule has 0 aliphatic rings. The Kier molecular flexibility index (Phi) is 5.56. The number of carbonyl (C=O) groups excluding carboxylic acids is 1. The Balaban J connectivity index is 1.98. The van der Waals surface area contributed by atoms with Crippen LogP contribution in [-0.4, -0.2) is 24.4 Å². The molecule has 0 radical (unpaired) electrons. The molecule has 0 fully saturated rings. The van der Waals surface area contributed by atoms with Gasteiger partial charge in [-0.3, -0.25) is 9.69 Å². The summed E-state index contributed by atoms with van der Waals surface area (Å²) in [6, 6.07) is 12.5. The Bertz CT molecular complexity index is 687. The number of likely N-dealkylation sites (N-methyl/N-ethyl adjacent to an activating group) is 1. The number of anilines is 1. The highest BCUT2D eigenvalue weighted by atomic mass is 16.2. The molecule has 3 heteroatoms. The molecule has 0 heterocycles. The van der Waals surface area contributed by atoms with E-state index in [2.05, 4.69) is 37.4 Å². The van der Waals surface area contributed by atoms with Crippen molar-refractivity contribution in [1.82, 2.24) is 4.90 Å². The minimum Gasteiger partial charge on any atom is -0.324 e. The lowest BCUT2D eigenvalue weighted by Gasteiger charge is -2.19. The van der Waals surface area contributed by atoms with Gasteiger partial charge in [-0.05, 0) is 57.0 Å². The van der Waals surface area contributed by atoms with Gasteiger partial charge in [-0.1, -0.05) is 42.0 Å². The molecule has 0 spiro atoms. The highest BCUT2D eigenvalue weighted by Gasteiger charge is 2.11. The first kappa shape index (κ1) is 17.2. The summed E-state index contributed by atoms with van der Waals surface area (Å²) in [5.41, 5.74) is 6.90. The van der Waals surface area contributed by atoms with Gasteiger partial charge in [0.1, 0.15) is 0 Å². The van der Waals surface area contributed by atoms with Gasteiger partial charge in [-0.25, -0.2) is 0 Å². The van der Waals surface area contributed by atoms with Crippen LogP contribution in [0.3, 0.4) is 0 Å². The van der Waals surface area contributed by atoms with Crippen LogP contribution in [0.25, 0.3) is 0 Å². The topological polar surface area (TPSA) is 32.3 Å². The third kappa shape index (κ3) is 4.67. The molecular weight excluding hydrogens is 284 g/mol. The maximum Gasteiger partial charge on any atom is 0.238 e. The van der Waals surface area contributed by atoms with Crippen LogP contribution in [0.2, 0.25) is 0 Å². The summed E-state index contributed by atoms with van der Waals surface area (Å²) in [5, 5.41) is 3.04. The van der Waals surface area contributed by atoms with Crippen LogP contribution in [0.1, 0.15) is 27.8 Å². The number of nitrogens with zero attached hydrogens (tertiary/aromatic N) is 1. The fourth-order valence-corrected chi connectivity index (χ4v) is 2.75. The fourth-order valence-electron chi connectivity index (χ4n) is 2.75. The second-order valence-electron chi connectivity index (χ2n) is 6.42. The van der Waals surface area contributed by atoms with Crippen LogP contribution in [0, 0.1) is 27.7 Å². The number of nitrogens with one attached hydrogen (secondary N) is 1. The Morgan fingerprint density at radius 3 is 2.30 bits per heavy atom. The van der Waals surface area contributed by atoms with Crippen molar-refractivity contribution in [2.24, 2.45) is 0 Å². The highest BCUT2D eigenvalue weighted by Crippen LogP contribution is 2.19. The van der Waals surface area contributed by atoms with Crippen LogP contribution in [0.5, 0.6) is 0 Å². The maximum atomic E-state index is 12.3. The highest BCUT2D eigenvalue weighted by molar-refractivity contribution is 5.93. The van der Waals surface area contributed by atoms with Crippen molar-refractivity contribution in [1.29, 1.82) is 0 Å². The molecule has 0 aromatic heterocycles. The number of aryl methyl sites for hydroxylation is 4. The first-order valence-corrected chi connectivity index (χ1v) is 7.97. The van der Waals surface area contributed by atoms with Crippen LogP contribution in [0.15, 0.2) is 36.4 Å². The Labute approximate surface area is 139 Å². The van der Waals surface area contributed by atoms with E-state index in [4.69, 9.17) is 0 Å². The summed E-state index contributed by atoms with van der Waals surface area (Å²) in [6.07, 6.45) is 0. The van der Waals surface area contributed by atoms with Crippen molar-refractivity contribution in [2.75, 3.05) is 18.9 Å². The Morgan fingerprint density at radius 2 is 1.65 bits per heavy atom. The first-order chi connectivity index (χ1) is 10.9. The number of carbonyl (C=O) groups is 1. The summed E-state index contributed by atoms with van der Waals surface area (Å²) in [6.45, 7) is 9.38. The second-order valence-corrected chi connectivity index (χ2v) is 6.42. The van der Waals surface area contributed by atoms with Gasteiger partial charge in [0.05, 0.1) is 6.54 Å². The van der Waals surface area contributed by atoms with E-state index in [1.54, 1.807) is 0 Å². The van der Waals surface area contributed by atoms with Crippen LogP contribution in [-0.2, 0) is 11.3 Å². The standard InChI is InChI=1S/C20H26N2O/c1-14-9-10-15(2)18(11-14)12-22(5)13-19(23)21-20-16(3)7-6-8-17(20)4/h6-11H,12-13H2,1-5H3,(H,21,23). The quantitative estimate of drug-likeness (QED) is 0.905. The lowest BCUT2D eigenvalue weighted by atomic mass is 10.1. The summed E-state index contributed by atoms with van der Waals surface area (Å²) < 4.78 is 0. The molecule has 23 heavy (non-hydrogen) atoms. The van der Waals surface area contributed by atoms with E-state index in [1.165, 1.54) is 16.7 Å². The third-order valence-electron chi connectivity index (χ3n) is 4.10. The van der Waals surface area contributed by atoms with Gasteiger partial charge in [0.2, 0.25) is 5.91 Å². The van der Waals surface area contributed by atoms with Crippen LogP contribution < -0.4 is 5.32 Å². The number of amides is 1. The molecule has 2 aromatic carbocycles. The van der Waals surface area contributed by atoms with Crippen LogP contribution >= 0.6 is 0 Å². The molecule has 122 valence electrons. The van der Waals surface area contributed by atoms with Crippen molar-refractivity contribution >= 4 is 11.6 Å². The normalized spacial score (nSPS) is 10.9. The SMILES string of the molecule is Cc1ccc(C)c(CN(C)CC(=O)Nc2c(C)cccc2C)c1. The molecule has 0 unspecified atom stereocenters. The number of benzene rings is 2. The minimum absolute atomic E-state index is 0.0233. The lowest BCUT2D eigenvalue weighted by molar-refractivity contribution is -0.117. The van der Waals surface area contributed by atoms with E-state index in [9.17, 15) is 4.79 Å². The summed E-state index contributed by atoms with van der Waals surface area (Å²) in [4.78, 5) is 14.4. The fraction of sp³-hybridized carbons (Fsp3) is 0.350. The zero-order valence-corrected chi connectivity index (χ0v) is 14.7. The molecule has 0 aliphatic heterocycles. The number of para-hydroxylation sites is 1. The summed E-state index contributed by atoms with van der Waals surface area (Å²) in [5.74, 6) is 0.0233. The summed E-state index contributed by atoms with van der Waals surface area (Å²) in [7, 11) is 1.98. The third-order valence-corrected chi connectivity index (χ3v) is 4.10. The van der Waals surface area contributed by atoms with Gasteiger partial charge in [-0.2, -0.15) is 0 Å². The first-order valence-electron chi connectivity index (χ1n) is 7.97. The Morgan fingerprint density at radius 1 is 1.00 bits per heavy atom. The average Bonchev–Trinajstić information content (AvgIpc) is 2.47. The molecule has 0 atom stereocenters. The van der Waals surface area contributed by atoms with Crippen molar-refractivity contribution in [3.05, 3.63) is 64.2 Å². The van der Waals surface area contributed by atoms with E-state index in [1.807, 2.05) is 44.0 Å². The van der Waals surface area contributed by atoms with Crippen molar-refractivity contribution in [2.45, 2.75) is 34.2 Å². The van der Waals surface area contributed by atoms with Gasteiger partial charge in [-0.15, -0.1) is 0 Å². The van der Waals surface area contributed by atoms with E-state index >= 15 is 0 Å². The van der Waals surface area contributed by atoms with Crippen molar-refractivity contribution in [3.8, 4) is 0 Å². The molecule has 0 aliphatic carbocycles. The molecule has 1 amide bonds. The van der Waals surface area contributed by atoms with E-state index in [-0.39, 0.29) is 5.91 Å². The van der Waals surface area contributed by atoms with Gasteiger partial charge in [0.25, 0.3) is 0 Å². The largest absolute Gasteiger partial charge is 0.324 e. The number of hydrogen-bond acceptors (Lipinski definition) is 2. The maximum absolute atomic E-state index is 12.3. The summed E-state index contributed by atoms with van der Waals surface area (Å²) >= 11 is 0. The molecule has 3 nitrogen and oxygen atoms in total. The minimum atomic E-state index is 0.0233. The zero-order chi connectivity index (χ0) is 17.0. The Hall–Kier alpha value is -2.13. The lowest BCUT2D eigenvalue weighted by Crippen LogP contribution is -2.30. The molecule has 0 bridgehead atoms. The molecular formula is C20H26N2O. The van der Waals surface area contributed by atoms with Gasteiger partial charge in [0, 0.05) is 12.2 Å². The van der Waals surface area contributed by atoms with E-state index in [0.717, 1.165) is 23.4 Å². The van der Waals surface area contributed by atoms with Gasteiger partial charge in [0.15, 0.2) is 0 Å². The predicted octanol–water partition coefficient (Wildman–Crippen LogP) is 3.99. The number of rotatable bonds is 5. The monoisotopic (exact) mass is 310 g/mol. The molecule has 0 saturated carbocycles. The number of hydrogen-bond donors (Lipinski definition) is 1. The van der Waals surface area contributed by atoms with Crippen LogP contribution in [0.4, 0.5) is 5.69 Å². The average molecular weight is 310 g/mol. The predicted molar refractivity (Wildman–Crippen MR) is 96.8 cm³/mol. The van der Waals surface area contributed by atoms with E-state index < -0.39 is 0 Å². The van der Waals surface area contributed by atoms with Gasteiger partial charge >= 0.3 is 0 Å². The van der Waals surface area contributed by atoms with Gasteiger partial charge < -0.3 is 5.32 Å². The molecule has 1 N–H and O–H groups in total. The van der Waals surface area contributed by atoms with E-state index in [0.29, 0.717) is 6.54 Å².